The number of carbonyl (C=O) groups is 3. The van der Waals surface area contributed by atoms with Crippen LogP contribution in [0.15, 0.2) is 262 Å². The molecule has 28 heteroatoms. The Morgan fingerprint density at radius 1 is 0.336 bits per heavy atom. The number of alkyl halides is 12. The largest absolute Gasteiger partial charge is 0.459 e. The predicted molar refractivity (Wildman–Crippen MR) is 490 cm³/mol. The van der Waals surface area contributed by atoms with E-state index in [4.69, 9.17) is 42.6 Å². The minimum atomic E-state index is -3.64. The van der Waals surface area contributed by atoms with Gasteiger partial charge in [0.1, 0.15) is 46.2 Å². The lowest BCUT2D eigenvalue weighted by Gasteiger charge is -2.64. The number of carbonyl (C=O) groups excluding carboxylic acids is 3. The van der Waals surface area contributed by atoms with Crippen molar-refractivity contribution in [3.63, 3.8) is 0 Å². The molecular weight excluding hydrogens is 1810 g/mol. The molecule has 19 rings (SSSR count). The molecule has 134 heavy (non-hydrogen) atoms. The number of esters is 3. The second kappa shape index (κ2) is 42.7. The Morgan fingerprint density at radius 3 is 0.918 bits per heavy atom. The van der Waals surface area contributed by atoms with Crippen LogP contribution in [0.1, 0.15) is 148 Å². The van der Waals surface area contributed by atoms with Gasteiger partial charge in [0.25, 0.3) is 17.8 Å². The van der Waals surface area contributed by atoms with E-state index in [-0.39, 0.29) is 82.4 Å². The number of halogens is 12. The van der Waals surface area contributed by atoms with Gasteiger partial charge in [0.05, 0.1) is 44.9 Å². The lowest BCUT2D eigenvalue weighted by Crippen LogP contribution is -2.68. The van der Waals surface area contributed by atoms with Gasteiger partial charge in [-0.2, -0.15) is 26.3 Å². The third kappa shape index (κ3) is 25.8. The summed E-state index contributed by atoms with van der Waals surface area (Å²) >= 11 is 0. The first-order chi connectivity index (χ1) is 63.2. The summed E-state index contributed by atoms with van der Waals surface area (Å²) < 4.78 is 209. The topological polar surface area (TPSA) is 144 Å². The fourth-order valence-corrected chi connectivity index (χ4v) is 24.8. The molecule has 720 valence electrons. The molecule has 0 amide bonds. The van der Waals surface area contributed by atoms with Crippen molar-refractivity contribution in [3.05, 3.63) is 268 Å². The second-order valence-electron chi connectivity index (χ2n) is 37.2. The maximum atomic E-state index is 13.5. The minimum absolute atomic E-state index is 0.0256. The quantitative estimate of drug-likeness (QED) is 0.0264. The maximum absolute atomic E-state index is 13.5. The van der Waals surface area contributed by atoms with Gasteiger partial charge in [0, 0.05) is 50.9 Å². The van der Waals surface area contributed by atoms with E-state index in [0.717, 1.165) is 19.3 Å². The summed E-state index contributed by atoms with van der Waals surface area (Å²) in [7, 11) is -0.118. The molecule has 3 heterocycles. The molecule has 0 aromatic heterocycles. The third-order valence-electron chi connectivity index (χ3n) is 25.6. The molecule has 7 aliphatic carbocycles. The van der Waals surface area contributed by atoms with Crippen LogP contribution in [0.25, 0.3) is 0 Å². The van der Waals surface area contributed by atoms with Crippen LogP contribution in [0.2, 0.25) is 0 Å². The monoisotopic (exact) mass is 1920 g/mol. The van der Waals surface area contributed by atoms with Gasteiger partial charge in [-0.3, -0.25) is 0 Å². The standard InChI is InChI=1S/3C21H21S.C18H24F4O5.C13H16F4O4.C12H16F4O4/c3*1-16-4-10-19(11-5-16)22(20-12-6-17(2)7-13-20)21-14-8-18(3)9-15-21;1-15(19,20)14(23)24-2-3-25-16-6-11-4-12(7-16)18(13(5-11)8-16)26-9-17(21,22)10-27-18;1-11(14,15)10(18)21-9-7-2-3-8(4-7)13(9)19-5-12(16,17)6-20-13;1-10(13,14)9(17)20-8-4-2-3-5-12(8)18-6-11(15,16)7-19-12/h3*4-15H,1-3H3;11-13H,2-10H2,1H3;7-9H,2-6H2,1H3;8H,2-7H2,1H3/q3*+1;;;. The van der Waals surface area contributed by atoms with E-state index in [9.17, 15) is 67.1 Å². The fourth-order valence-electron chi connectivity index (χ4n) is 18.7. The summed E-state index contributed by atoms with van der Waals surface area (Å²) in [6.45, 7) is 15.7. The lowest BCUT2D eigenvalue weighted by molar-refractivity contribution is -0.406. The van der Waals surface area contributed by atoms with E-state index in [2.05, 4.69) is 285 Å². The molecule has 6 bridgehead atoms. The van der Waals surface area contributed by atoms with Gasteiger partial charge in [0.15, 0.2) is 62.1 Å². The third-order valence-corrected chi connectivity index (χ3v) is 32.2. The average molecular weight is 1930 g/mol. The van der Waals surface area contributed by atoms with Crippen molar-refractivity contribution >= 4 is 50.6 Å². The van der Waals surface area contributed by atoms with Crippen LogP contribution in [0.4, 0.5) is 52.7 Å². The van der Waals surface area contributed by atoms with Gasteiger partial charge in [-0.15, -0.1) is 0 Å². The highest BCUT2D eigenvalue weighted by Crippen LogP contribution is 2.64. The van der Waals surface area contributed by atoms with Gasteiger partial charge >= 0.3 is 35.7 Å². The zero-order chi connectivity index (χ0) is 96.6. The molecule has 10 aliphatic rings. The first kappa shape index (κ1) is 103. The zero-order valence-electron chi connectivity index (χ0n) is 77.5. The Labute approximate surface area is 786 Å². The predicted octanol–water partition coefficient (Wildman–Crippen LogP) is 25.1. The smallest absolute Gasteiger partial charge is 0.377 e. The maximum Gasteiger partial charge on any atom is 0.377 e. The summed E-state index contributed by atoms with van der Waals surface area (Å²) in [5, 5.41) is 0. The van der Waals surface area contributed by atoms with Crippen LogP contribution in [0.5, 0.6) is 0 Å². The van der Waals surface area contributed by atoms with Crippen LogP contribution in [-0.2, 0) is 94.4 Å². The van der Waals surface area contributed by atoms with Crippen molar-refractivity contribution in [1.29, 1.82) is 0 Å². The Morgan fingerprint density at radius 2 is 0.619 bits per heavy atom. The Bertz CT molecular complexity index is 4680. The molecule has 0 radical (unpaired) electrons. The first-order valence-corrected chi connectivity index (χ1v) is 49.1. The molecule has 3 aliphatic heterocycles. The summed E-state index contributed by atoms with van der Waals surface area (Å²) in [6.07, 6.45) is 5.29. The zero-order valence-corrected chi connectivity index (χ0v) is 80.0. The van der Waals surface area contributed by atoms with Crippen LogP contribution in [0, 0.1) is 91.9 Å². The fraction of sp³-hybridized carbons (Fsp3) is 0.462. The Hall–Kier alpha value is -8.68. The number of hydrogen-bond acceptors (Lipinski definition) is 13. The SMILES string of the molecule is CC(F)(F)C(=O)OC1C2CCC(C2)C12OCC(F)(F)CO2.CC(F)(F)C(=O)OC1CCCCC12OCC(F)(F)CO2.CC(F)(F)C(=O)OCCOC12CC3CC(C1)C1(OCC(F)(F)CO1)C(C3)C2.Cc1ccc([S+](c2ccc(C)cc2)c2ccc(C)cc2)cc1.Cc1ccc([S+](c2ccc(C)cc2)c2ccc(C)cc2)cc1.Cc1ccc([S+](c2ccc(C)cc2)c2ccc(C)cc2)cc1. The van der Waals surface area contributed by atoms with Crippen molar-refractivity contribution in [3.8, 4) is 0 Å². The highest BCUT2D eigenvalue weighted by atomic mass is 32.2. The molecule has 7 saturated carbocycles. The number of ether oxygens (including phenoxy) is 10. The van der Waals surface area contributed by atoms with Crippen molar-refractivity contribution in [2.24, 2.45) is 29.6 Å². The van der Waals surface area contributed by atoms with E-state index >= 15 is 0 Å². The van der Waals surface area contributed by atoms with Crippen LogP contribution in [0.3, 0.4) is 0 Å². The van der Waals surface area contributed by atoms with Crippen LogP contribution in [-0.4, -0.2) is 141 Å². The van der Waals surface area contributed by atoms with E-state index in [1.807, 2.05) is 0 Å². The number of fused-ring (bicyclic) bond motifs is 3. The van der Waals surface area contributed by atoms with Gasteiger partial charge in [0.2, 0.25) is 11.6 Å². The molecule has 3 saturated heterocycles. The van der Waals surface area contributed by atoms with Crippen molar-refractivity contribution in [2.45, 2.75) is 275 Å². The second-order valence-corrected chi connectivity index (χ2v) is 43.3. The summed E-state index contributed by atoms with van der Waals surface area (Å²) in [6, 6.07) is 80.4. The molecule has 13 nitrogen and oxygen atoms in total. The molecule has 6 unspecified atom stereocenters. The number of hydrogen-bond donors (Lipinski definition) is 0. The highest BCUT2D eigenvalue weighted by molar-refractivity contribution is 7.97. The van der Waals surface area contributed by atoms with Crippen molar-refractivity contribution in [1.82, 2.24) is 0 Å². The molecule has 6 atom stereocenters. The van der Waals surface area contributed by atoms with Gasteiger partial charge in [-0.1, -0.05) is 159 Å². The van der Waals surface area contributed by atoms with Crippen LogP contribution < -0.4 is 0 Å². The Balaban J connectivity index is 0.000000137. The minimum Gasteiger partial charge on any atom is -0.459 e. The van der Waals surface area contributed by atoms with E-state index in [1.54, 1.807) is 0 Å². The highest BCUT2D eigenvalue weighted by Gasteiger charge is 2.68. The molecule has 9 aromatic rings. The summed E-state index contributed by atoms with van der Waals surface area (Å²) in [5.41, 5.74) is 11.3. The molecular formula is C106H119F12O13S3+3. The molecule has 9 aromatic carbocycles. The van der Waals surface area contributed by atoms with E-state index in [1.165, 1.54) is 94.1 Å². The van der Waals surface area contributed by atoms with E-state index < -0.39 is 128 Å². The van der Waals surface area contributed by atoms with Crippen molar-refractivity contribution in [2.75, 3.05) is 52.9 Å². The number of aryl methyl sites for hydroxylation is 9. The average Bonchev–Trinajstić information content (AvgIpc) is 0.936. The summed E-state index contributed by atoms with van der Waals surface area (Å²) in [4.78, 5) is 46.2. The molecule has 0 N–H and O–H groups in total. The Kier molecular flexibility index (Phi) is 32.8. The van der Waals surface area contributed by atoms with Crippen LogP contribution >= 0.6 is 0 Å². The van der Waals surface area contributed by atoms with Gasteiger partial charge < -0.3 is 47.4 Å². The van der Waals surface area contributed by atoms with Gasteiger partial charge in [-0.05, 0) is 248 Å². The number of benzene rings is 9. The molecule has 10 fully saturated rings. The first-order valence-electron chi connectivity index (χ1n) is 45.4. The normalized spacial score (nSPS) is 23.4. The number of rotatable bonds is 18. The lowest BCUT2D eigenvalue weighted by atomic mass is 9.51. The van der Waals surface area contributed by atoms with Crippen molar-refractivity contribution < 1.29 is 114 Å². The van der Waals surface area contributed by atoms with E-state index in [0.29, 0.717) is 71.6 Å². The van der Waals surface area contributed by atoms with Gasteiger partial charge in [-0.25, -0.2) is 40.7 Å². The summed E-state index contributed by atoms with van der Waals surface area (Å²) in [5.74, 6) is -29.0. The molecule has 3 spiro atoms.